The van der Waals surface area contributed by atoms with Gasteiger partial charge in [0.25, 0.3) is 0 Å². The average Bonchev–Trinajstić information content (AvgIpc) is 2.95. The van der Waals surface area contributed by atoms with Crippen LogP contribution in [0, 0.1) is 0 Å². The van der Waals surface area contributed by atoms with Gasteiger partial charge in [0.15, 0.2) is 0 Å². The van der Waals surface area contributed by atoms with E-state index in [1.54, 1.807) is 37.3 Å². The Bertz CT molecular complexity index is 701. The van der Waals surface area contributed by atoms with Gasteiger partial charge in [-0.05, 0) is 31.5 Å². The Balaban J connectivity index is 0.000000396. The highest BCUT2D eigenvalue weighted by atomic mass is 16.5. The van der Waals surface area contributed by atoms with Crippen LogP contribution in [0.5, 0.6) is 0 Å². The number of carbonyl (C=O) groups is 3. The van der Waals surface area contributed by atoms with E-state index in [-0.39, 0.29) is 25.3 Å². The fourth-order valence-corrected chi connectivity index (χ4v) is 1.76. The van der Waals surface area contributed by atoms with Crippen molar-refractivity contribution in [3.8, 4) is 0 Å². The lowest BCUT2D eigenvalue weighted by atomic mass is 10.1. The molecule has 0 spiro atoms. The minimum absolute atomic E-state index is 0.0473. The highest BCUT2D eigenvalue weighted by Gasteiger charge is 2.22. The lowest BCUT2D eigenvalue weighted by Crippen LogP contribution is -2.08. The summed E-state index contributed by atoms with van der Waals surface area (Å²) >= 11 is 0. The molecule has 0 bridgehead atoms. The maximum atomic E-state index is 10.5. The molecule has 1 heterocycles. The topological polar surface area (TPSA) is 110 Å². The first kappa shape index (κ1) is 24.8. The lowest BCUT2D eigenvalue weighted by Gasteiger charge is -1.99. The van der Waals surface area contributed by atoms with Crippen LogP contribution >= 0.6 is 0 Å². The molecule has 7 heteroatoms. The van der Waals surface area contributed by atoms with Gasteiger partial charge in [-0.15, -0.1) is 0 Å². The number of cyclic esters (lactones) is 1. The molecule has 1 saturated heterocycles. The molecule has 1 aliphatic rings. The minimum atomic E-state index is -0.902. The van der Waals surface area contributed by atoms with Crippen LogP contribution in [0.2, 0.25) is 0 Å². The summed E-state index contributed by atoms with van der Waals surface area (Å²) in [5, 5.41) is 16.7. The second kappa shape index (κ2) is 13.1. The lowest BCUT2D eigenvalue weighted by molar-refractivity contribution is -0.140. The number of aliphatic hydroxyl groups excluding tert-OH is 1. The molecule has 0 aromatic heterocycles. The minimum Gasteiger partial charge on any atom is -0.478 e. The molecule has 1 unspecified atom stereocenters. The van der Waals surface area contributed by atoms with Gasteiger partial charge in [-0.2, -0.15) is 0 Å². The van der Waals surface area contributed by atoms with E-state index in [0.717, 1.165) is 5.56 Å². The number of rotatable bonds is 5. The van der Waals surface area contributed by atoms with Crippen molar-refractivity contribution < 1.29 is 34.1 Å². The van der Waals surface area contributed by atoms with Gasteiger partial charge in [-0.25, -0.2) is 14.4 Å². The van der Waals surface area contributed by atoms with E-state index < -0.39 is 11.9 Å². The Hall–Kier alpha value is -3.19. The molecule has 0 amide bonds. The Kier molecular flexibility index (Phi) is 11.6. The fraction of sp³-hybridized carbons (Fsp3) is 0.286. The van der Waals surface area contributed by atoms with Crippen LogP contribution in [0.15, 0.2) is 55.1 Å². The number of hydrogen-bond acceptors (Lipinski definition) is 6. The average molecular weight is 390 g/mol. The third kappa shape index (κ3) is 10.1. The van der Waals surface area contributed by atoms with Crippen LogP contribution in [-0.2, 0) is 19.1 Å². The number of aliphatic hydroxyl groups is 1. The van der Waals surface area contributed by atoms with Crippen LogP contribution in [0.25, 0.3) is 6.08 Å². The number of carboxylic acids is 1. The summed E-state index contributed by atoms with van der Waals surface area (Å²) < 4.78 is 9.20. The summed E-state index contributed by atoms with van der Waals surface area (Å²) in [5.74, 6) is -1.60. The van der Waals surface area contributed by atoms with Crippen molar-refractivity contribution in [2.75, 3.05) is 13.2 Å². The fourth-order valence-electron chi connectivity index (χ4n) is 1.76. The molecule has 7 nitrogen and oxygen atoms in total. The summed E-state index contributed by atoms with van der Waals surface area (Å²) in [5.41, 5.74) is 2.17. The first-order valence-corrected chi connectivity index (χ1v) is 8.40. The second-order valence-corrected chi connectivity index (χ2v) is 5.79. The van der Waals surface area contributed by atoms with E-state index in [0.29, 0.717) is 23.1 Å². The van der Waals surface area contributed by atoms with E-state index in [4.69, 9.17) is 14.9 Å². The van der Waals surface area contributed by atoms with Crippen molar-refractivity contribution in [2.45, 2.75) is 26.4 Å². The van der Waals surface area contributed by atoms with Crippen molar-refractivity contribution in [2.24, 2.45) is 0 Å². The van der Waals surface area contributed by atoms with E-state index in [1.807, 2.05) is 6.92 Å². The van der Waals surface area contributed by atoms with Crippen molar-refractivity contribution >= 4 is 24.0 Å². The molecular weight excluding hydrogens is 364 g/mol. The van der Waals surface area contributed by atoms with Crippen molar-refractivity contribution in [1.82, 2.24) is 0 Å². The standard InChI is InChI=1S/C9H8O2.C6H10O3.C6H8O2/c1-2-7-3-5-8(6-4-7)9(10)11;1-5(2)6(8)9-4-3-7;1-4-3-5(2)8-6(4)7/h2-6H,1H2,(H,10,11);7H,1,3-4H2,2H3;5H,1,3H2,2H3. The summed E-state index contributed by atoms with van der Waals surface area (Å²) in [6.45, 7) is 13.7. The van der Waals surface area contributed by atoms with Gasteiger partial charge >= 0.3 is 17.9 Å². The first-order chi connectivity index (χ1) is 13.1. The highest BCUT2D eigenvalue weighted by Crippen LogP contribution is 2.16. The van der Waals surface area contributed by atoms with E-state index >= 15 is 0 Å². The SMILES string of the molecule is C=C(C)C(=O)OCCO.C=C1CC(C)OC1=O.C=Cc1ccc(C(=O)O)cc1. The molecule has 1 aromatic carbocycles. The number of benzene rings is 1. The van der Waals surface area contributed by atoms with Crippen LogP contribution in [0.4, 0.5) is 0 Å². The molecule has 1 aromatic rings. The normalized spacial score (nSPS) is 14.5. The monoisotopic (exact) mass is 390 g/mol. The van der Waals surface area contributed by atoms with E-state index in [2.05, 4.69) is 24.5 Å². The zero-order valence-corrected chi connectivity index (χ0v) is 16.1. The van der Waals surface area contributed by atoms with Crippen LogP contribution in [-0.4, -0.2) is 47.4 Å². The molecule has 28 heavy (non-hydrogen) atoms. The van der Waals surface area contributed by atoms with Gasteiger partial charge in [0.2, 0.25) is 0 Å². The molecular formula is C21H26O7. The van der Waals surface area contributed by atoms with Crippen molar-refractivity contribution in [3.63, 3.8) is 0 Å². The quantitative estimate of drug-likeness (QED) is 0.587. The van der Waals surface area contributed by atoms with Gasteiger partial charge in [0.1, 0.15) is 12.7 Å². The van der Waals surface area contributed by atoms with Crippen molar-refractivity contribution in [1.29, 1.82) is 0 Å². The van der Waals surface area contributed by atoms with Gasteiger partial charge < -0.3 is 19.7 Å². The zero-order valence-electron chi connectivity index (χ0n) is 16.1. The van der Waals surface area contributed by atoms with E-state index in [9.17, 15) is 14.4 Å². The maximum Gasteiger partial charge on any atom is 0.335 e. The smallest absolute Gasteiger partial charge is 0.335 e. The molecule has 0 saturated carbocycles. The molecule has 0 aliphatic carbocycles. The summed E-state index contributed by atoms with van der Waals surface area (Å²) in [4.78, 5) is 31.3. The number of aromatic carboxylic acids is 1. The Labute approximate surface area is 164 Å². The Morgan fingerprint density at radius 2 is 1.89 bits per heavy atom. The third-order valence-corrected chi connectivity index (χ3v) is 3.20. The number of hydrogen-bond donors (Lipinski definition) is 2. The number of ether oxygens (including phenoxy) is 2. The highest BCUT2D eigenvalue weighted by molar-refractivity contribution is 5.89. The summed E-state index contributed by atoms with van der Waals surface area (Å²) in [6, 6.07) is 6.55. The predicted octanol–water partition coefficient (Wildman–Crippen LogP) is 3.00. The molecule has 152 valence electrons. The molecule has 2 rings (SSSR count). The number of esters is 2. The maximum absolute atomic E-state index is 10.5. The molecule has 1 fully saturated rings. The summed E-state index contributed by atoms with van der Waals surface area (Å²) in [7, 11) is 0. The van der Waals surface area contributed by atoms with Crippen LogP contribution in [0.3, 0.4) is 0 Å². The molecule has 1 aliphatic heterocycles. The largest absolute Gasteiger partial charge is 0.478 e. The van der Waals surface area contributed by atoms with Gasteiger partial charge in [-0.3, -0.25) is 0 Å². The van der Waals surface area contributed by atoms with Gasteiger partial charge in [0.05, 0.1) is 12.2 Å². The van der Waals surface area contributed by atoms with Gasteiger partial charge in [0, 0.05) is 17.6 Å². The Morgan fingerprint density at radius 3 is 2.18 bits per heavy atom. The van der Waals surface area contributed by atoms with Crippen LogP contribution < -0.4 is 0 Å². The van der Waals surface area contributed by atoms with E-state index in [1.165, 1.54) is 0 Å². The van der Waals surface area contributed by atoms with Crippen molar-refractivity contribution in [3.05, 3.63) is 66.3 Å². The third-order valence-electron chi connectivity index (χ3n) is 3.20. The predicted molar refractivity (Wildman–Crippen MR) is 106 cm³/mol. The first-order valence-electron chi connectivity index (χ1n) is 8.40. The summed E-state index contributed by atoms with van der Waals surface area (Å²) in [6.07, 6.45) is 2.42. The van der Waals surface area contributed by atoms with Crippen LogP contribution in [0.1, 0.15) is 36.2 Å². The second-order valence-electron chi connectivity index (χ2n) is 5.79. The number of carbonyl (C=O) groups excluding carboxylic acids is 2. The molecule has 1 atom stereocenters. The Morgan fingerprint density at radius 1 is 1.32 bits per heavy atom. The zero-order chi connectivity index (χ0) is 21.7. The molecule has 2 N–H and O–H groups in total. The molecule has 0 radical (unpaired) electrons. The number of carboxylic acid groups (broad SMARTS) is 1. The van der Waals surface area contributed by atoms with Gasteiger partial charge in [-0.1, -0.05) is 37.9 Å².